The van der Waals surface area contributed by atoms with E-state index in [1.54, 1.807) is 0 Å². The second-order valence-electron chi connectivity index (χ2n) is 10.9. The zero-order valence-corrected chi connectivity index (χ0v) is 23.0. The zero-order chi connectivity index (χ0) is 32.7. The van der Waals surface area contributed by atoms with Gasteiger partial charge in [0.15, 0.2) is 0 Å². The topological polar surface area (TPSA) is 13.1 Å². The molecule has 9 rings (SSSR count). The molecule has 43 heavy (non-hydrogen) atoms. The van der Waals surface area contributed by atoms with Crippen molar-refractivity contribution in [3.05, 3.63) is 158 Å². The predicted molar refractivity (Wildman–Crippen MR) is 183 cm³/mol. The van der Waals surface area contributed by atoms with Gasteiger partial charge in [-0.1, -0.05) is 139 Å². The molecule has 0 N–H and O–H groups in total. The van der Waals surface area contributed by atoms with Crippen LogP contribution in [0.25, 0.3) is 87.6 Å². The first kappa shape index (κ1) is 19.5. The molecule has 0 aliphatic rings. The van der Waals surface area contributed by atoms with Gasteiger partial charge < -0.3 is 4.42 Å². The van der Waals surface area contributed by atoms with Gasteiger partial charge in [0.25, 0.3) is 0 Å². The quantitative estimate of drug-likeness (QED) is 0.199. The molecule has 9 aromatic rings. The summed E-state index contributed by atoms with van der Waals surface area (Å²) in [5.41, 5.74) is 6.32. The van der Waals surface area contributed by atoms with Gasteiger partial charge >= 0.3 is 0 Å². The molecule has 0 amide bonds. The van der Waals surface area contributed by atoms with E-state index in [1.165, 1.54) is 10.8 Å². The van der Waals surface area contributed by atoms with Crippen molar-refractivity contribution in [3.63, 3.8) is 0 Å². The van der Waals surface area contributed by atoms with Gasteiger partial charge in [0.05, 0.1) is 6.85 Å². The van der Waals surface area contributed by atoms with Crippen LogP contribution in [0.4, 0.5) is 0 Å². The van der Waals surface area contributed by atoms with Crippen molar-refractivity contribution in [3.8, 4) is 33.4 Å². The smallest absolute Gasteiger partial charge is 0.136 e. The average molecular weight is 552 g/mol. The van der Waals surface area contributed by atoms with Gasteiger partial charge in [0, 0.05) is 10.8 Å². The highest BCUT2D eigenvalue weighted by Crippen LogP contribution is 2.47. The third kappa shape index (κ3) is 3.65. The van der Waals surface area contributed by atoms with Crippen molar-refractivity contribution in [2.24, 2.45) is 0 Å². The molecule has 0 unspecified atom stereocenters. The Balaban J connectivity index is 1.35. The number of hydrogen-bond donors (Lipinski definition) is 0. The third-order valence-electron chi connectivity index (χ3n) is 8.55. The summed E-state index contributed by atoms with van der Waals surface area (Å²) in [5.74, 6) is 0. The average Bonchev–Trinajstić information content (AvgIpc) is 3.51. The van der Waals surface area contributed by atoms with Gasteiger partial charge in [-0.05, 0) is 83.9 Å². The highest BCUT2D eigenvalue weighted by Gasteiger charge is 2.19. The van der Waals surface area contributed by atoms with Crippen molar-refractivity contribution < 1.29 is 11.3 Å². The van der Waals surface area contributed by atoms with Crippen LogP contribution in [0.1, 0.15) is 6.85 Å². The molecule has 1 heterocycles. The summed E-state index contributed by atoms with van der Waals surface area (Å²) in [5, 5.41) is 8.62. The highest BCUT2D eigenvalue weighted by molar-refractivity contribution is 6.24. The Bertz CT molecular complexity index is 2710. The van der Waals surface area contributed by atoms with E-state index in [4.69, 9.17) is 11.3 Å². The van der Waals surface area contributed by atoms with Crippen LogP contribution in [0.2, 0.25) is 0 Å². The summed E-state index contributed by atoms with van der Waals surface area (Å²) >= 11 is 0. The molecule has 1 aromatic heterocycles. The molecule has 0 aliphatic carbocycles. The summed E-state index contributed by atoms with van der Waals surface area (Å²) in [6.45, 7) is 0. The number of rotatable bonds is 3. The predicted octanol–water partition coefficient (Wildman–Crippen LogP) is 12.0. The zero-order valence-electron chi connectivity index (χ0n) is 28.0. The lowest BCUT2D eigenvalue weighted by molar-refractivity contribution is 0.669. The number of benzene rings is 8. The van der Waals surface area contributed by atoms with Crippen LogP contribution in [0.15, 0.2) is 162 Å². The molecule has 8 aromatic carbocycles. The SMILES string of the molecule is [2H]c1c([2H])c([2H])c(-c2ccccc2-c2c3ccccc3c(-c3ccc4c(c3)oc3ccc5ccccc5c34)c3ccccc23)c([2H])c1[2H]. The van der Waals surface area contributed by atoms with Crippen molar-refractivity contribution in [1.82, 2.24) is 0 Å². The molecule has 0 atom stereocenters. The van der Waals surface area contributed by atoms with E-state index in [0.717, 1.165) is 65.7 Å². The molecule has 0 bridgehead atoms. The molecule has 0 aliphatic heterocycles. The Kier molecular flexibility index (Phi) is 4.27. The lowest BCUT2D eigenvalue weighted by Gasteiger charge is -2.19. The standard InChI is InChI=1S/C42H26O/c1-2-12-27(13-3-1)30-15-6-7-17-32(30)41-35-20-10-8-18-33(35)40(34-19-9-11-21-36(34)41)29-22-24-37-39(26-29)43-38-25-23-28-14-4-5-16-31(28)42(37)38/h1-26H/i1D,2D,3D,12D,13D. The Morgan fingerprint density at radius 1 is 0.419 bits per heavy atom. The van der Waals surface area contributed by atoms with Crippen LogP contribution in [-0.4, -0.2) is 0 Å². The molecule has 0 spiro atoms. The first-order valence-corrected chi connectivity index (χ1v) is 14.4. The Labute approximate surface area is 256 Å². The van der Waals surface area contributed by atoms with Crippen molar-refractivity contribution >= 4 is 54.3 Å². The molecule has 200 valence electrons. The minimum Gasteiger partial charge on any atom is -0.456 e. The van der Waals surface area contributed by atoms with Crippen LogP contribution >= 0.6 is 0 Å². The first-order chi connectivity index (χ1) is 23.4. The van der Waals surface area contributed by atoms with E-state index in [-0.39, 0.29) is 29.7 Å². The van der Waals surface area contributed by atoms with Gasteiger partial charge in [-0.2, -0.15) is 0 Å². The van der Waals surface area contributed by atoms with E-state index < -0.39 is 6.04 Å². The normalized spacial score (nSPS) is 13.3. The van der Waals surface area contributed by atoms with Gasteiger partial charge in [-0.3, -0.25) is 0 Å². The van der Waals surface area contributed by atoms with Crippen LogP contribution in [-0.2, 0) is 0 Å². The van der Waals surface area contributed by atoms with Crippen molar-refractivity contribution in [1.29, 1.82) is 0 Å². The van der Waals surface area contributed by atoms with Gasteiger partial charge in [0.1, 0.15) is 11.2 Å². The molecular formula is C42H26O. The molecule has 1 heteroatoms. The van der Waals surface area contributed by atoms with Crippen molar-refractivity contribution in [2.75, 3.05) is 0 Å². The van der Waals surface area contributed by atoms with E-state index in [1.807, 2.05) is 54.6 Å². The molecule has 1 nitrogen and oxygen atoms in total. The number of fused-ring (bicyclic) bond motifs is 7. The lowest BCUT2D eigenvalue weighted by Crippen LogP contribution is -1.92. The summed E-state index contributed by atoms with van der Waals surface area (Å²) in [6, 6.07) is 41.7. The Hall–Kier alpha value is -5.66. The fourth-order valence-electron chi connectivity index (χ4n) is 6.74. The maximum absolute atomic E-state index is 8.77. The largest absolute Gasteiger partial charge is 0.456 e. The summed E-state index contributed by atoms with van der Waals surface area (Å²) in [4.78, 5) is 0. The second kappa shape index (κ2) is 9.44. The second-order valence-corrected chi connectivity index (χ2v) is 10.9. The number of hydrogen-bond acceptors (Lipinski definition) is 1. The van der Waals surface area contributed by atoms with E-state index in [2.05, 4.69) is 72.8 Å². The number of furan rings is 1. The first-order valence-electron chi connectivity index (χ1n) is 16.9. The van der Waals surface area contributed by atoms with Gasteiger partial charge in [-0.25, -0.2) is 0 Å². The summed E-state index contributed by atoms with van der Waals surface area (Å²) in [7, 11) is 0. The van der Waals surface area contributed by atoms with Crippen LogP contribution < -0.4 is 0 Å². The van der Waals surface area contributed by atoms with E-state index in [0.29, 0.717) is 5.56 Å². The fraction of sp³-hybridized carbons (Fsp3) is 0. The Morgan fingerprint density at radius 3 is 1.74 bits per heavy atom. The highest BCUT2D eigenvalue weighted by atomic mass is 16.3. The van der Waals surface area contributed by atoms with E-state index in [9.17, 15) is 0 Å². The maximum Gasteiger partial charge on any atom is 0.136 e. The van der Waals surface area contributed by atoms with E-state index >= 15 is 0 Å². The third-order valence-corrected chi connectivity index (χ3v) is 8.55. The Morgan fingerprint density at radius 2 is 1.02 bits per heavy atom. The fourth-order valence-corrected chi connectivity index (χ4v) is 6.74. The van der Waals surface area contributed by atoms with Crippen LogP contribution in [0.3, 0.4) is 0 Å². The van der Waals surface area contributed by atoms with Gasteiger partial charge in [-0.15, -0.1) is 0 Å². The maximum atomic E-state index is 8.77. The van der Waals surface area contributed by atoms with Gasteiger partial charge in [0.2, 0.25) is 0 Å². The summed E-state index contributed by atoms with van der Waals surface area (Å²) < 4.78 is 48.9. The molecular weight excluding hydrogens is 520 g/mol. The summed E-state index contributed by atoms with van der Waals surface area (Å²) in [6.07, 6.45) is 0. The van der Waals surface area contributed by atoms with Crippen LogP contribution in [0, 0.1) is 0 Å². The molecule has 0 radical (unpaired) electrons. The lowest BCUT2D eigenvalue weighted by atomic mass is 9.84. The molecule has 0 fully saturated rings. The monoisotopic (exact) mass is 551 g/mol. The van der Waals surface area contributed by atoms with Crippen molar-refractivity contribution in [2.45, 2.75) is 0 Å². The minimum atomic E-state index is -0.402. The van der Waals surface area contributed by atoms with Crippen LogP contribution in [0.5, 0.6) is 0 Å². The molecule has 0 saturated heterocycles. The minimum absolute atomic E-state index is 0.191. The molecule has 0 saturated carbocycles.